The van der Waals surface area contributed by atoms with E-state index in [-0.39, 0.29) is 0 Å². The molecule has 0 fully saturated rings. The summed E-state index contributed by atoms with van der Waals surface area (Å²) in [4.78, 5) is 17.0. The Bertz CT molecular complexity index is 844. The number of aromatic carboxylic acids is 1. The van der Waals surface area contributed by atoms with E-state index in [4.69, 9.17) is 0 Å². The topological polar surface area (TPSA) is 54.6 Å². The molecule has 0 aliphatic carbocycles. The van der Waals surface area contributed by atoms with Gasteiger partial charge in [-0.15, -0.1) is 11.3 Å². The fourth-order valence-corrected chi connectivity index (χ4v) is 3.69. The number of fused-ring (bicyclic) bond motifs is 1. The van der Waals surface area contributed by atoms with Crippen LogP contribution in [0.15, 0.2) is 29.6 Å². The number of thiazole rings is 1. The summed E-state index contributed by atoms with van der Waals surface area (Å²) in [6, 6.07) is 8.32. The maximum atomic E-state index is 11.7. The Kier molecular flexibility index (Phi) is 4.22. The molecule has 3 rings (SSSR count). The fourth-order valence-electron chi connectivity index (χ4n) is 2.77. The summed E-state index contributed by atoms with van der Waals surface area (Å²) in [6.07, 6.45) is 1.56. The molecule has 1 aromatic carbocycles. The highest BCUT2D eigenvalue weighted by Gasteiger charge is 2.22. The first-order valence-corrected chi connectivity index (χ1v) is 8.73. The molecule has 0 aliphatic rings. The maximum Gasteiger partial charge on any atom is 0.354 e. The van der Waals surface area contributed by atoms with Gasteiger partial charge in [0.05, 0.1) is 11.4 Å². The van der Waals surface area contributed by atoms with Gasteiger partial charge in [0.15, 0.2) is 10.7 Å². The molecule has 0 radical (unpaired) electrons. The van der Waals surface area contributed by atoms with Crippen molar-refractivity contribution in [2.24, 2.45) is 0 Å². The van der Waals surface area contributed by atoms with Gasteiger partial charge in [-0.2, -0.15) is 0 Å². The molecule has 0 atom stereocenters. The molecule has 2 aromatic heterocycles. The molecule has 0 aliphatic heterocycles. The lowest BCUT2D eigenvalue weighted by Gasteiger charge is -2.07. The van der Waals surface area contributed by atoms with Crippen molar-refractivity contribution in [1.29, 1.82) is 0 Å². The molecule has 23 heavy (non-hydrogen) atoms. The summed E-state index contributed by atoms with van der Waals surface area (Å²) in [5.41, 5.74) is 4.16. The van der Waals surface area contributed by atoms with Gasteiger partial charge in [0, 0.05) is 5.38 Å². The number of imidazole rings is 1. The summed E-state index contributed by atoms with van der Waals surface area (Å²) in [6.45, 7) is 6.35. The van der Waals surface area contributed by atoms with Crippen LogP contribution in [0, 0.1) is 0 Å². The van der Waals surface area contributed by atoms with Gasteiger partial charge in [-0.3, -0.25) is 4.40 Å². The number of benzene rings is 1. The molecule has 4 nitrogen and oxygen atoms in total. The Balaban J connectivity index is 2.16. The third-order valence-corrected chi connectivity index (χ3v) is 4.82. The maximum absolute atomic E-state index is 11.7. The highest BCUT2D eigenvalue weighted by atomic mass is 32.1. The number of rotatable bonds is 5. The van der Waals surface area contributed by atoms with E-state index in [1.807, 2.05) is 12.3 Å². The second kappa shape index (κ2) is 6.16. The first-order valence-electron chi connectivity index (χ1n) is 7.85. The summed E-state index contributed by atoms with van der Waals surface area (Å²) in [7, 11) is 0. The van der Waals surface area contributed by atoms with Gasteiger partial charge in [0.25, 0.3) is 0 Å². The van der Waals surface area contributed by atoms with E-state index in [2.05, 4.69) is 43.1 Å². The Morgan fingerprint density at radius 2 is 2.00 bits per heavy atom. The molecular formula is C18H20N2O2S. The SMILES string of the molecule is CCCc1nc2scc(-c3ccc(C(C)C)cc3)n2c1C(=O)O. The number of hydrogen-bond acceptors (Lipinski definition) is 3. The Morgan fingerprint density at radius 1 is 1.30 bits per heavy atom. The van der Waals surface area contributed by atoms with Crippen LogP contribution in [0.25, 0.3) is 16.2 Å². The van der Waals surface area contributed by atoms with Crippen LogP contribution in [0.5, 0.6) is 0 Å². The van der Waals surface area contributed by atoms with Gasteiger partial charge in [-0.05, 0) is 23.5 Å². The van der Waals surface area contributed by atoms with Gasteiger partial charge in [0.1, 0.15) is 0 Å². The second-order valence-corrected chi connectivity index (χ2v) is 6.81. The molecule has 0 spiro atoms. The van der Waals surface area contributed by atoms with Crippen LogP contribution >= 0.6 is 11.3 Å². The largest absolute Gasteiger partial charge is 0.477 e. The van der Waals surface area contributed by atoms with Gasteiger partial charge in [-0.25, -0.2) is 9.78 Å². The smallest absolute Gasteiger partial charge is 0.354 e. The van der Waals surface area contributed by atoms with E-state index >= 15 is 0 Å². The Morgan fingerprint density at radius 3 is 2.57 bits per heavy atom. The van der Waals surface area contributed by atoms with E-state index in [0.29, 0.717) is 23.7 Å². The van der Waals surface area contributed by atoms with Crippen molar-refractivity contribution >= 4 is 22.3 Å². The van der Waals surface area contributed by atoms with Gasteiger partial charge in [0.2, 0.25) is 0 Å². The van der Waals surface area contributed by atoms with Crippen molar-refractivity contribution < 1.29 is 9.90 Å². The van der Waals surface area contributed by atoms with Crippen molar-refractivity contribution in [1.82, 2.24) is 9.38 Å². The van der Waals surface area contributed by atoms with E-state index < -0.39 is 5.97 Å². The van der Waals surface area contributed by atoms with Crippen LogP contribution in [-0.2, 0) is 6.42 Å². The third kappa shape index (κ3) is 2.77. The van der Waals surface area contributed by atoms with Gasteiger partial charge in [-0.1, -0.05) is 51.5 Å². The summed E-state index contributed by atoms with van der Waals surface area (Å²) < 4.78 is 1.78. The third-order valence-electron chi connectivity index (χ3n) is 4.00. The highest BCUT2D eigenvalue weighted by Crippen LogP contribution is 2.30. The lowest BCUT2D eigenvalue weighted by Crippen LogP contribution is -2.06. The molecule has 0 amide bonds. The average Bonchev–Trinajstić information content (AvgIpc) is 3.06. The van der Waals surface area contributed by atoms with Gasteiger partial charge >= 0.3 is 5.97 Å². The lowest BCUT2D eigenvalue weighted by atomic mass is 10.0. The molecule has 120 valence electrons. The molecule has 0 unspecified atom stereocenters. The van der Waals surface area contributed by atoms with Crippen LogP contribution in [0.4, 0.5) is 0 Å². The predicted octanol–water partition coefficient (Wildman–Crippen LogP) is 4.84. The molecule has 0 saturated carbocycles. The minimum atomic E-state index is -0.917. The van der Waals surface area contributed by atoms with E-state index in [9.17, 15) is 9.90 Å². The van der Waals surface area contributed by atoms with Crippen LogP contribution < -0.4 is 0 Å². The number of carboxylic acids is 1. The van der Waals surface area contributed by atoms with Crippen molar-refractivity contribution in [3.8, 4) is 11.3 Å². The molecule has 1 N–H and O–H groups in total. The quantitative estimate of drug-likeness (QED) is 0.729. The molecule has 2 heterocycles. The molecular weight excluding hydrogens is 308 g/mol. The van der Waals surface area contributed by atoms with Crippen LogP contribution in [0.2, 0.25) is 0 Å². The monoisotopic (exact) mass is 328 g/mol. The fraction of sp³-hybridized carbons (Fsp3) is 0.333. The van der Waals surface area contributed by atoms with Crippen LogP contribution in [-0.4, -0.2) is 20.5 Å². The van der Waals surface area contributed by atoms with E-state index in [1.54, 1.807) is 4.40 Å². The van der Waals surface area contributed by atoms with Crippen LogP contribution in [0.3, 0.4) is 0 Å². The summed E-state index contributed by atoms with van der Waals surface area (Å²) in [5, 5.41) is 11.6. The van der Waals surface area contributed by atoms with Crippen LogP contribution in [0.1, 0.15) is 54.9 Å². The minimum absolute atomic E-state index is 0.297. The summed E-state index contributed by atoms with van der Waals surface area (Å²) in [5.74, 6) is -0.440. The average molecular weight is 328 g/mol. The number of hydrogen-bond donors (Lipinski definition) is 1. The zero-order valence-corrected chi connectivity index (χ0v) is 14.4. The Labute approximate surface area is 139 Å². The molecule has 0 bridgehead atoms. The Hall–Kier alpha value is -2.14. The zero-order chi connectivity index (χ0) is 16.6. The normalized spacial score (nSPS) is 11.5. The molecule has 3 aromatic rings. The minimum Gasteiger partial charge on any atom is -0.477 e. The van der Waals surface area contributed by atoms with Crippen molar-refractivity contribution in [2.45, 2.75) is 39.5 Å². The standard InChI is InChI=1S/C18H20N2O2S/c1-4-5-14-16(17(21)22)20-15(10-23-18(20)19-14)13-8-6-12(7-9-13)11(2)3/h6-11H,4-5H2,1-3H3,(H,21,22). The van der Waals surface area contributed by atoms with Gasteiger partial charge < -0.3 is 5.11 Å². The number of aryl methyl sites for hydroxylation is 1. The number of carbonyl (C=O) groups is 1. The highest BCUT2D eigenvalue weighted by molar-refractivity contribution is 7.15. The molecule has 5 heteroatoms. The lowest BCUT2D eigenvalue weighted by molar-refractivity contribution is 0.0688. The number of aromatic nitrogens is 2. The van der Waals surface area contributed by atoms with Crippen molar-refractivity contribution in [3.63, 3.8) is 0 Å². The van der Waals surface area contributed by atoms with E-state index in [0.717, 1.165) is 22.6 Å². The number of nitrogens with zero attached hydrogens (tertiary/aromatic N) is 2. The zero-order valence-electron chi connectivity index (χ0n) is 13.5. The summed E-state index contributed by atoms with van der Waals surface area (Å²) >= 11 is 1.49. The van der Waals surface area contributed by atoms with Crippen molar-refractivity contribution in [3.05, 3.63) is 46.6 Å². The first-order chi connectivity index (χ1) is 11.0. The second-order valence-electron chi connectivity index (χ2n) is 5.98. The van der Waals surface area contributed by atoms with E-state index in [1.165, 1.54) is 16.9 Å². The molecule has 0 saturated heterocycles. The number of carboxylic acid groups (broad SMARTS) is 1. The van der Waals surface area contributed by atoms with Crippen molar-refractivity contribution in [2.75, 3.05) is 0 Å². The predicted molar refractivity (Wildman–Crippen MR) is 93.5 cm³/mol. The first kappa shape index (κ1) is 15.7.